The van der Waals surface area contributed by atoms with Crippen molar-refractivity contribution >= 4 is 26.6 Å². The van der Waals surface area contributed by atoms with Gasteiger partial charge in [-0.2, -0.15) is 0 Å². The molecular weight excluding hydrogens is 372 g/mol. The van der Waals surface area contributed by atoms with Crippen LogP contribution in [0.3, 0.4) is 0 Å². The predicted molar refractivity (Wildman–Crippen MR) is 118 cm³/mol. The molecule has 0 aliphatic carbocycles. The van der Waals surface area contributed by atoms with E-state index in [-0.39, 0.29) is 10.8 Å². The van der Waals surface area contributed by atoms with Crippen LogP contribution in [-0.4, -0.2) is 23.0 Å². The predicted octanol–water partition coefficient (Wildman–Crippen LogP) is 5.09. The summed E-state index contributed by atoms with van der Waals surface area (Å²) in [5.41, 5.74) is 2.40. The normalized spacial score (nSPS) is 12.9. The molecule has 0 atom stereocenters. The third-order valence-electron chi connectivity index (χ3n) is 4.64. The molecule has 0 amide bonds. The van der Waals surface area contributed by atoms with Gasteiger partial charge in [0.2, 0.25) is 0 Å². The number of benzene rings is 2. The zero-order valence-corrected chi connectivity index (χ0v) is 19.6. The Labute approximate surface area is 170 Å². The molecule has 0 aliphatic heterocycles. The second-order valence-electron chi connectivity index (χ2n) is 8.83. The van der Waals surface area contributed by atoms with Gasteiger partial charge in [-0.3, -0.25) is 0 Å². The average Bonchev–Trinajstić information content (AvgIpc) is 2.58. The molecule has 0 radical (unpaired) electrons. The largest absolute Gasteiger partial charge is 0.602 e. The van der Waals surface area contributed by atoms with Crippen molar-refractivity contribution in [2.75, 3.05) is 14.2 Å². The fraction of sp³-hybridized carbons (Fsp3) is 0.455. The molecule has 0 N–H and O–H groups in total. The van der Waals surface area contributed by atoms with Crippen LogP contribution < -0.4 is 9.61 Å². The lowest BCUT2D eigenvalue weighted by molar-refractivity contribution is 0.176. The first-order chi connectivity index (χ1) is 12.4. The first-order valence-corrected chi connectivity index (χ1v) is 11.3. The molecule has 2 aromatic rings. The van der Waals surface area contributed by atoms with Gasteiger partial charge in [0.05, 0.1) is 0 Å². The van der Waals surface area contributed by atoms with Gasteiger partial charge < -0.3 is 13.3 Å². The summed E-state index contributed by atoms with van der Waals surface area (Å²) in [4.78, 5) is 0.848. The molecule has 0 aliphatic rings. The molecule has 0 saturated heterocycles. The van der Waals surface area contributed by atoms with E-state index >= 15 is 0 Å². The van der Waals surface area contributed by atoms with Crippen LogP contribution >= 0.6 is 12.6 Å². The van der Waals surface area contributed by atoms with Crippen molar-refractivity contribution < 1.29 is 13.3 Å². The van der Waals surface area contributed by atoms with E-state index in [1.807, 2.05) is 30.3 Å². The van der Waals surface area contributed by atoms with Crippen molar-refractivity contribution in [3.8, 4) is 5.75 Å². The molecule has 0 heterocycles. The smallest absolute Gasteiger partial charge is 0.497 e. The minimum atomic E-state index is -3.11. The SMILES string of the molecule is CO[Si](OC)(Oc1ccc(C(C)(C)C)cc1C(C)(C)C)c1cccc(S)c1. The molecule has 0 fully saturated rings. The van der Waals surface area contributed by atoms with E-state index < -0.39 is 8.80 Å². The minimum absolute atomic E-state index is 0.0654. The highest BCUT2D eigenvalue weighted by atomic mass is 32.1. The van der Waals surface area contributed by atoms with Gasteiger partial charge in [-0.05, 0) is 40.2 Å². The first kappa shape index (κ1) is 22.0. The van der Waals surface area contributed by atoms with Gasteiger partial charge in [0.25, 0.3) is 0 Å². The molecule has 5 heteroatoms. The summed E-state index contributed by atoms with van der Waals surface area (Å²) in [5.74, 6) is 0.801. The third kappa shape index (κ3) is 4.96. The van der Waals surface area contributed by atoms with Gasteiger partial charge in [0.1, 0.15) is 5.75 Å². The summed E-state index contributed by atoms with van der Waals surface area (Å²) in [7, 11) is 0.166. The maximum Gasteiger partial charge on any atom is 0.602 e. The highest BCUT2D eigenvalue weighted by Crippen LogP contribution is 2.36. The molecule has 27 heavy (non-hydrogen) atoms. The van der Waals surface area contributed by atoms with Crippen LogP contribution in [0, 0.1) is 0 Å². The molecule has 2 aromatic carbocycles. The van der Waals surface area contributed by atoms with E-state index in [9.17, 15) is 0 Å². The average molecular weight is 405 g/mol. The maximum atomic E-state index is 6.53. The monoisotopic (exact) mass is 404 g/mol. The number of thiol groups is 1. The Balaban J connectivity index is 2.59. The van der Waals surface area contributed by atoms with Crippen LogP contribution in [0.15, 0.2) is 47.4 Å². The molecule has 2 rings (SSSR count). The Morgan fingerprint density at radius 2 is 1.44 bits per heavy atom. The van der Waals surface area contributed by atoms with E-state index in [4.69, 9.17) is 13.3 Å². The van der Waals surface area contributed by atoms with Gasteiger partial charge in [0, 0.05) is 24.3 Å². The van der Waals surface area contributed by atoms with Gasteiger partial charge in [-0.1, -0.05) is 65.8 Å². The number of hydrogen-bond donors (Lipinski definition) is 1. The second-order valence-corrected chi connectivity index (χ2v) is 12.1. The van der Waals surface area contributed by atoms with Crippen molar-refractivity contribution in [1.29, 1.82) is 0 Å². The van der Waals surface area contributed by atoms with Crippen LogP contribution in [0.2, 0.25) is 0 Å². The zero-order chi connectivity index (χ0) is 20.5. The van der Waals surface area contributed by atoms with Crippen LogP contribution in [0.25, 0.3) is 0 Å². The highest BCUT2D eigenvalue weighted by molar-refractivity contribution is 7.80. The molecule has 3 nitrogen and oxygen atoms in total. The van der Waals surface area contributed by atoms with Gasteiger partial charge >= 0.3 is 8.80 Å². The van der Waals surface area contributed by atoms with E-state index in [0.29, 0.717) is 0 Å². The highest BCUT2D eigenvalue weighted by Gasteiger charge is 2.45. The number of rotatable bonds is 5. The Kier molecular flexibility index (Phi) is 6.52. The van der Waals surface area contributed by atoms with Crippen LogP contribution in [0.1, 0.15) is 52.7 Å². The van der Waals surface area contributed by atoms with E-state index in [1.165, 1.54) is 5.56 Å². The molecule has 0 bridgehead atoms. The summed E-state index contributed by atoms with van der Waals surface area (Å²) < 4.78 is 18.2. The minimum Gasteiger partial charge on any atom is -0.497 e. The lowest BCUT2D eigenvalue weighted by atomic mass is 9.80. The first-order valence-electron chi connectivity index (χ1n) is 9.17. The molecular formula is C22H32O3SSi. The summed E-state index contributed by atoms with van der Waals surface area (Å²) in [5, 5.41) is 0.889. The quantitative estimate of drug-likeness (QED) is 0.556. The van der Waals surface area contributed by atoms with Crippen molar-refractivity contribution in [2.45, 2.75) is 57.3 Å². The van der Waals surface area contributed by atoms with Crippen molar-refractivity contribution in [3.63, 3.8) is 0 Å². The Morgan fingerprint density at radius 1 is 0.815 bits per heavy atom. The van der Waals surface area contributed by atoms with E-state index in [2.05, 4.69) is 66.3 Å². The molecule has 0 aromatic heterocycles. The standard InChI is InChI=1S/C22H32O3SSi/c1-21(2,3)16-12-13-20(19(14-16)22(4,5)6)25-27(23-7,24-8)18-11-9-10-17(26)15-18/h9-15,26H,1-8H3. The van der Waals surface area contributed by atoms with Gasteiger partial charge in [0.15, 0.2) is 0 Å². The van der Waals surface area contributed by atoms with E-state index in [0.717, 1.165) is 21.4 Å². The van der Waals surface area contributed by atoms with Crippen LogP contribution in [0.4, 0.5) is 0 Å². The molecule has 0 unspecified atom stereocenters. The fourth-order valence-corrected chi connectivity index (χ4v) is 5.34. The Hall–Kier alpha value is -1.27. The lowest BCUT2D eigenvalue weighted by Gasteiger charge is -2.32. The topological polar surface area (TPSA) is 27.7 Å². The lowest BCUT2D eigenvalue weighted by Crippen LogP contribution is -2.58. The summed E-state index contributed by atoms with van der Waals surface area (Å²) in [6.07, 6.45) is 0. The summed E-state index contributed by atoms with van der Waals surface area (Å²) >= 11 is 4.46. The molecule has 0 saturated carbocycles. The third-order valence-corrected chi connectivity index (χ3v) is 7.49. The van der Waals surface area contributed by atoms with Crippen LogP contribution in [-0.2, 0) is 19.7 Å². The molecule has 0 spiro atoms. The van der Waals surface area contributed by atoms with Gasteiger partial charge in [-0.25, -0.2) is 0 Å². The van der Waals surface area contributed by atoms with Crippen LogP contribution in [0.5, 0.6) is 5.75 Å². The van der Waals surface area contributed by atoms with Crippen molar-refractivity contribution in [3.05, 3.63) is 53.6 Å². The van der Waals surface area contributed by atoms with E-state index in [1.54, 1.807) is 14.2 Å². The zero-order valence-electron chi connectivity index (χ0n) is 17.7. The van der Waals surface area contributed by atoms with Crippen molar-refractivity contribution in [2.24, 2.45) is 0 Å². The second kappa shape index (κ2) is 8.00. The summed E-state index contributed by atoms with van der Waals surface area (Å²) in [6, 6.07) is 14.2. The number of hydrogen-bond acceptors (Lipinski definition) is 4. The summed E-state index contributed by atoms with van der Waals surface area (Å²) in [6.45, 7) is 13.2. The molecule has 148 valence electrons. The Morgan fingerprint density at radius 3 is 1.93 bits per heavy atom. The maximum absolute atomic E-state index is 6.53. The van der Waals surface area contributed by atoms with Crippen molar-refractivity contribution in [1.82, 2.24) is 0 Å². The Bertz CT molecular complexity index is 787. The van der Waals surface area contributed by atoms with Gasteiger partial charge in [-0.15, -0.1) is 12.6 Å². The fourth-order valence-electron chi connectivity index (χ4n) is 2.97.